The molecule has 0 atom stereocenters. The Morgan fingerprint density at radius 3 is 2.72 bits per heavy atom. The molecule has 7 nitrogen and oxygen atoms in total. The van der Waals surface area contributed by atoms with E-state index < -0.39 is 0 Å². The zero-order valence-corrected chi connectivity index (χ0v) is 19.1. The van der Waals surface area contributed by atoms with Gasteiger partial charge in [-0.05, 0) is 49.4 Å². The summed E-state index contributed by atoms with van der Waals surface area (Å²) in [6, 6.07) is 13.5. The summed E-state index contributed by atoms with van der Waals surface area (Å²) in [4.78, 5) is 17.7. The van der Waals surface area contributed by atoms with Crippen LogP contribution in [0.1, 0.15) is 21.8 Å². The molecule has 0 aliphatic carbocycles. The van der Waals surface area contributed by atoms with Gasteiger partial charge in [-0.25, -0.2) is 4.98 Å². The summed E-state index contributed by atoms with van der Waals surface area (Å²) in [6.45, 7) is 3.36. The maximum Gasteiger partial charge on any atom is 0.253 e. The minimum absolute atomic E-state index is 0.135. The van der Waals surface area contributed by atoms with Crippen molar-refractivity contribution in [2.45, 2.75) is 13.5 Å². The van der Waals surface area contributed by atoms with E-state index in [0.717, 1.165) is 39.2 Å². The van der Waals surface area contributed by atoms with Crippen LogP contribution in [-0.2, 0) is 11.3 Å². The van der Waals surface area contributed by atoms with Gasteiger partial charge in [-0.15, -0.1) is 11.3 Å². The molecule has 166 valence electrons. The molecule has 1 N–H and O–H groups in total. The number of benzene rings is 1. The van der Waals surface area contributed by atoms with Crippen molar-refractivity contribution in [3.63, 3.8) is 0 Å². The van der Waals surface area contributed by atoms with Crippen LogP contribution in [0.2, 0.25) is 0 Å². The third-order valence-corrected chi connectivity index (χ3v) is 6.09. The van der Waals surface area contributed by atoms with Crippen molar-refractivity contribution >= 4 is 17.2 Å². The second-order valence-electron chi connectivity index (χ2n) is 7.21. The average molecular weight is 452 g/mol. The third kappa shape index (κ3) is 4.61. The standard InChI is InChI=1S/C24H25N3O4S/c1-16-20(23(28)25-10-12-29-2)13-22(27(16)14-19-5-4-11-31-19)21-15-32-24(26-21)17-6-8-18(30-3)9-7-17/h4-9,11,13,15H,10,12,14H2,1-3H3,(H,25,28). The van der Waals surface area contributed by atoms with Gasteiger partial charge in [-0.1, -0.05) is 0 Å². The second-order valence-corrected chi connectivity index (χ2v) is 8.07. The zero-order chi connectivity index (χ0) is 22.5. The topological polar surface area (TPSA) is 78.5 Å². The van der Waals surface area contributed by atoms with Crippen LogP contribution in [0.5, 0.6) is 5.75 Å². The van der Waals surface area contributed by atoms with E-state index in [1.807, 2.05) is 54.8 Å². The molecule has 0 aliphatic heterocycles. The fourth-order valence-corrected chi connectivity index (χ4v) is 4.29. The highest BCUT2D eigenvalue weighted by molar-refractivity contribution is 7.13. The molecule has 32 heavy (non-hydrogen) atoms. The van der Waals surface area contributed by atoms with E-state index in [0.29, 0.717) is 25.3 Å². The number of thiazole rings is 1. The second kappa shape index (κ2) is 9.84. The Morgan fingerprint density at radius 2 is 2.03 bits per heavy atom. The van der Waals surface area contributed by atoms with Gasteiger partial charge in [-0.2, -0.15) is 0 Å². The first-order valence-corrected chi connectivity index (χ1v) is 11.1. The lowest BCUT2D eigenvalue weighted by Gasteiger charge is -2.09. The lowest BCUT2D eigenvalue weighted by atomic mass is 10.2. The number of aromatic nitrogens is 2. The van der Waals surface area contributed by atoms with E-state index in [4.69, 9.17) is 18.9 Å². The predicted molar refractivity (Wildman–Crippen MR) is 124 cm³/mol. The van der Waals surface area contributed by atoms with Gasteiger partial charge in [0.2, 0.25) is 0 Å². The van der Waals surface area contributed by atoms with Crippen LogP contribution in [0.25, 0.3) is 22.0 Å². The fraction of sp³-hybridized carbons (Fsp3) is 0.250. The summed E-state index contributed by atoms with van der Waals surface area (Å²) < 4.78 is 17.9. The maximum atomic E-state index is 12.8. The van der Waals surface area contributed by atoms with Gasteiger partial charge >= 0.3 is 0 Å². The molecular formula is C24H25N3O4S. The van der Waals surface area contributed by atoms with Crippen LogP contribution < -0.4 is 10.1 Å². The molecule has 1 amide bonds. The summed E-state index contributed by atoms with van der Waals surface area (Å²) in [5, 5.41) is 5.82. The van der Waals surface area contributed by atoms with Gasteiger partial charge in [0.05, 0.1) is 43.5 Å². The van der Waals surface area contributed by atoms with Crippen LogP contribution in [0, 0.1) is 6.92 Å². The van der Waals surface area contributed by atoms with Crippen LogP contribution in [0.15, 0.2) is 58.5 Å². The number of amides is 1. The number of furan rings is 1. The smallest absolute Gasteiger partial charge is 0.253 e. The van der Waals surface area contributed by atoms with Gasteiger partial charge < -0.3 is 23.8 Å². The van der Waals surface area contributed by atoms with Crippen LogP contribution in [-0.4, -0.2) is 42.8 Å². The summed E-state index contributed by atoms with van der Waals surface area (Å²) in [5.41, 5.74) is 4.16. The lowest BCUT2D eigenvalue weighted by molar-refractivity contribution is 0.0936. The SMILES string of the molecule is COCCNC(=O)c1cc(-c2csc(-c3ccc(OC)cc3)n2)n(Cc2ccco2)c1C. The number of carbonyl (C=O) groups excluding carboxylic acids is 1. The maximum absolute atomic E-state index is 12.8. The zero-order valence-electron chi connectivity index (χ0n) is 18.3. The number of carbonyl (C=O) groups is 1. The number of hydrogen-bond donors (Lipinski definition) is 1. The molecule has 8 heteroatoms. The highest BCUT2D eigenvalue weighted by Crippen LogP contribution is 2.32. The fourth-order valence-electron chi connectivity index (χ4n) is 3.47. The van der Waals surface area contributed by atoms with Crippen molar-refractivity contribution in [3.8, 4) is 27.7 Å². The minimum atomic E-state index is -0.135. The number of nitrogens with zero attached hydrogens (tertiary/aromatic N) is 2. The molecule has 3 aromatic heterocycles. The van der Waals surface area contributed by atoms with E-state index in [-0.39, 0.29) is 5.91 Å². The monoisotopic (exact) mass is 451 g/mol. The van der Waals surface area contributed by atoms with E-state index in [9.17, 15) is 4.79 Å². The van der Waals surface area contributed by atoms with Gasteiger partial charge in [0.1, 0.15) is 16.5 Å². The van der Waals surface area contributed by atoms with Gasteiger partial charge in [-0.3, -0.25) is 4.79 Å². The third-order valence-electron chi connectivity index (χ3n) is 5.20. The minimum Gasteiger partial charge on any atom is -0.497 e. The Morgan fingerprint density at radius 1 is 1.22 bits per heavy atom. The first-order chi connectivity index (χ1) is 15.6. The molecule has 0 fully saturated rings. The summed E-state index contributed by atoms with van der Waals surface area (Å²) >= 11 is 1.56. The first kappa shape index (κ1) is 21.9. The molecule has 0 radical (unpaired) electrons. The van der Waals surface area contributed by atoms with Gasteiger partial charge in [0.15, 0.2) is 0 Å². The predicted octanol–water partition coefficient (Wildman–Crippen LogP) is 4.61. The normalized spacial score (nSPS) is 11.0. The molecule has 0 unspecified atom stereocenters. The highest BCUT2D eigenvalue weighted by Gasteiger charge is 2.21. The van der Waals surface area contributed by atoms with E-state index in [1.165, 1.54) is 0 Å². The van der Waals surface area contributed by atoms with Gasteiger partial charge in [0.25, 0.3) is 5.91 Å². The quantitative estimate of drug-likeness (QED) is 0.376. The first-order valence-electron chi connectivity index (χ1n) is 10.2. The van der Waals surface area contributed by atoms with E-state index >= 15 is 0 Å². The molecular weight excluding hydrogens is 426 g/mol. The Hall–Kier alpha value is -3.36. The largest absolute Gasteiger partial charge is 0.497 e. The summed E-state index contributed by atoms with van der Waals surface area (Å²) in [5.74, 6) is 1.48. The Labute approximate surface area is 190 Å². The van der Waals surface area contributed by atoms with Crippen LogP contribution in [0.3, 0.4) is 0 Å². The molecule has 0 saturated heterocycles. The number of ether oxygens (including phenoxy) is 2. The molecule has 0 spiro atoms. The lowest BCUT2D eigenvalue weighted by Crippen LogP contribution is -2.27. The van der Waals surface area contributed by atoms with Crippen LogP contribution in [0.4, 0.5) is 0 Å². The molecule has 0 saturated carbocycles. The number of methoxy groups -OCH3 is 2. The Kier molecular flexibility index (Phi) is 6.72. The molecule has 1 aromatic carbocycles. The van der Waals surface area contributed by atoms with E-state index in [1.54, 1.807) is 31.8 Å². The number of nitrogens with one attached hydrogen (secondary N) is 1. The van der Waals surface area contributed by atoms with Crippen molar-refractivity contribution in [3.05, 3.63) is 71.1 Å². The molecule has 0 aliphatic rings. The van der Waals surface area contributed by atoms with Crippen molar-refractivity contribution < 1.29 is 18.7 Å². The van der Waals surface area contributed by atoms with Crippen LogP contribution >= 0.6 is 11.3 Å². The highest BCUT2D eigenvalue weighted by atomic mass is 32.1. The van der Waals surface area contributed by atoms with Crippen molar-refractivity contribution in [2.75, 3.05) is 27.4 Å². The number of hydrogen-bond acceptors (Lipinski definition) is 6. The Bertz CT molecular complexity index is 1180. The number of rotatable bonds is 9. The van der Waals surface area contributed by atoms with Crippen molar-refractivity contribution in [1.82, 2.24) is 14.9 Å². The molecule has 0 bridgehead atoms. The van der Waals surface area contributed by atoms with Gasteiger partial charge in [0, 0.05) is 30.3 Å². The summed E-state index contributed by atoms with van der Waals surface area (Å²) in [7, 11) is 3.26. The molecule has 4 rings (SSSR count). The molecule has 4 aromatic rings. The van der Waals surface area contributed by atoms with Crippen molar-refractivity contribution in [2.24, 2.45) is 0 Å². The van der Waals surface area contributed by atoms with Crippen molar-refractivity contribution in [1.29, 1.82) is 0 Å². The Balaban J connectivity index is 1.69. The molecule has 3 heterocycles. The average Bonchev–Trinajstić information content (AvgIpc) is 3.56. The van der Waals surface area contributed by atoms with E-state index in [2.05, 4.69) is 9.88 Å². The summed E-state index contributed by atoms with van der Waals surface area (Å²) in [6.07, 6.45) is 1.65.